The highest BCUT2D eigenvalue weighted by atomic mass is 15.1. The summed E-state index contributed by atoms with van der Waals surface area (Å²) in [6.45, 7) is 1.64. The number of nitrogens with zero attached hydrogens (tertiary/aromatic N) is 2. The summed E-state index contributed by atoms with van der Waals surface area (Å²) in [5.74, 6) is 0.332. The molecule has 0 fully saturated rings. The summed E-state index contributed by atoms with van der Waals surface area (Å²) >= 11 is 0. The fraction of sp³-hybridized carbons (Fsp3) is 0.600. The first kappa shape index (κ1) is 7.14. The zero-order valence-electron chi connectivity index (χ0n) is 5.47. The van der Waals surface area contributed by atoms with Crippen LogP contribution in [0.1, 0.15) is 6.92 Å². The van der Waals surface area contributed by atoms with Gasteiger partial charge in [0.2, 0.25) is 0 Å². The van der Waals surface area contributed by atoms with Gasteiger partial charge in [-0.3, -0.25) is 5.41 Å². The van der Waals surface area contributed by atoms with E-state index >= 15 is 0 Å². The lowest BCUT2D eigenvalue weighted by atomic mass is 10.7. The van der Waals surface area contributed by atoms with Crippen molar-refractivity contribution in [1.82, 2.24) is 4.90 Å². The van der Waals surface area contributed by atoms with E-state index in [9.17, 15) is 0 Å². The Morgan fingerprint density at radius 1 is 1.62 bits per heavy atom. The third kappa shape index (κ3) is 5.14. The van der Waals surface area contributed by atoms with E-state index in [-0.39, 0.29) is 0 Å². The van der Waals surface area contributed by atoms with Crippen LogP contribution in [0.15, 0.2) is 4.99 Å². The molecular weight excluding hydrogens is 102 g/mol. The fourth-order valence-electron chi connectivity index (χ4n) is 0.202. The maximum absolute atomic E-state index is 6.86. The van der Waals surface area contributed by atoms with Crippen molar-refractivity contribution in [3.63, 3.8) is 0 Å². The molecule has 0 heterocycles. The normalized spacial score (nSPS) is 9.88. The molecule has 3 nitrogen and oxygen atoms in total. The van der Waals surface area contributed by atoms with Gasteiger partial charge in [0.25, 0.3) is 0 Å². The standard InChI is InChI=1S/C5H11N3/c1-5(6)7-4-8(2)3/h4,6H,1-3H3. The molecular formula is C5H11N3. The maximum atomic E-state index is 6.86. The van der Waals surface area contributed by atoms with Gasteiger partial charge in [-0.2, -0.15) is 0 Å². The zero-order valence-corrected chi connectivity index (χ0v) is 5.47. The van der Waals surface area contributed by atoms with Gasteiger partial charge < -0.3 is 4.90 Å². The summed E-state index contributed by atoms with van der Waals surface area (Å²) in [6.07, 6.45) is 1.60. The van der Waals surface area contributed by atoms with Gasteiger partial charge >= 0.3 is 0 Å². The molecule has 0 bridgehead atoms. The number of hydrogen-bond donors (Lipinski definition) is 1. The molecule has 0 amide bonds. The summed E-state index contributed by atoms with van der Waals surface area (Å²) in [6, 6.07) is 0. The van der Waals surface area contributed by atoms with Gasteiger partial charge in [0, 0.05) is 14.1 Å². The summed E-state index contributed by atoms with van der Waals surface area (Å²) in [5.41, 5.74) is 0. The van der Waals surface area contributed by atoms with Crippen LogP contribution in [-0.4, -0.2) is 31.2 Å². The van der Waals surface area contributed by atoms with Gasteiger partial charge in [-0.25, -0.2) is 4.99 Å². The summed E-state index contributed by atoms with van der Waals surface area (Å²) in [4.78, 5) is 5.50. The Morgan fingerprint density at radius 2 is 2.12 bits per heavy atom. The van der Waals surface area contributed by atoms with E-state index in [1.54, 1.807) is 18.2 Å². The predicted molar refractivity (Wildman–Crippen MR) is 35.6 cm³/mol. The van der Waals surface area contributed by atoms with Crippen LogP contribution >= 0.6 is 0 Å². The van der Waals surface area contributed by atoms with Gasteiger partial charge in [0.1, 0.15) is 5.84 Å². The molecule has 0 atom stereocenters. The fourth-order valence-corrected chi connectivity index (χ4v) is 0.202. The van der Waals surface area contributed by atoms with Gasteiger partial charge in [-0.05, 0) is 6.92 Å². The van der Waals surface area contributed by atoms with Crippen LogP contribution in [0.25, 0.3) is 0 Å². The van der Waals surface area contributed by atoms with E-state index in [4.69, 9.17) is 5.41 Å². The third-order valence-corrected chi connectivity index (χ3v) is 0.482. The van der Waals surface area contributed by atoms with Crippen LogP contribution in [-0.2, 0) is 0 Å². The van der Waals surface area contributed by atoms with Crippen molar-refractivity contribution in [1.29, 1.82) is 5.41 Å². The summed E-state index contributed by atoms with van der Waals surface area (Å²) in [7, 11) is 3.74. The molecule has 0 aromatic carbocycles. The molecule has 0 saturated carbocycles. The van der Waals surface area contributed by atoms with Gasteiger partial charge in [0.05, 0.1) is 6.34 Å². The van der Waals surface area contributed by atoms with Crippen molar-refractivity contribution in [2.45, 2.75) is 6.92 Å². The number of aliphatic imine (C=N–C) groups is 1. The van der Waals surface area contributed by atoms with Gasteiger partial charge in [-0.15, -0.1) is 0 Å². The zero-order chi connectivity index (χ0) is 6.57. The van der Waals surface area contributed by atoms with E-state index in [0.29, 0.717) is 5.84 Å². The van der Waals surface area contributed by atoms with Crippen LogP contribution in [0.3, 0.4) is 0 Å². The minimum Gasteiger partial charge on any atom is -0.369 e. The minimum atomic E-state index is 0.332. The number of amidine groups is 1. The topological polar surface area (TPSA) is 39.5 Å². The third-order valence-electron chi connectivity index (χ3n) is 0.482. The van der Waals surface area contributed by atoms with Gasteiger partial charge in [-0.1, -0.05) is 0 Å². The quantitative estimate of drug-likeness (QED) is 0.392. The van der Waals surface area contributed by atoms with Crippen molar-refractivity contribution in [2.75, 3.05) is 14.1 Å². The van der Waals surface area contributed by atoms with Crippen LogP contribution in [0, 0.1) is 5.41 Å². The molecule has 8 heavy (non-hydrogen) atoms. The first-order chi connectivity index (χ1) is 3.63. The van der Waals surface area contributed by atoms with Crippen LogP contribution < -0.4 is 0 Å². The number of hydrogen-bond acceptors (Lipinski definition) is 1. The van der Waals surface area contributed by atoms with Crippen LogP contribution in [0.4, 0.5) is 0 Å². The van der Waals surface area contributed by atoms with Crippen LogP contribution in [0.5, 0.6) is 0 Å². The second-order valence-corrected chi connectivity index (χ2v) is 1.79. The molecule has 0 rings (SSSR count). The van der Waals surface area contributed by atoms with E-state index < -0.39 is 0 Å². The number of nitrogens with one attached hydrogen (secondary N) is 1. The highest BCUT2D eigenvalue weighted by molar-refractivity contribution is 5.84. The molecule has 0 spiro atoms. The lowest BCUT2D eigenvalue weighted by molar-refractivity contribution is 0.644. The molecule has 46 valence electrons. The highest BCUT2D eigenvalue weighted by Gasteiger charge is 1.76. The average Bonchev–Trinajstić information content (AvgIpc) is 1.61. The first-order valence-corrected chi connectivity index (χ1v) is 2.38. The lowest BCUT2D eigenvalue weighted by Gasteiger charge is -1.99. The van der Waals surface area contributed by atoms with E-state index in [1.807, 2.05) is 14.1 Å². The molecule has 0 aliphatic heterocycles. The van der Waals surface area contributed by atoms with Crippen molar-refractivity contribution >= 4 is 12.2 Å². The Kier molecular flexibility index (Phi) is 2.84. The molecule has 0 aromatic heterocycles. The Morgan fingerprint density at radius 3 is 2.25 bits per heavy atom. The smallest absolute Gasteiger partial charge is 0.119 e. The Bertz CT molecular complexity index is 104. The van der Waals surface area contributed by atoms with Crippen molar-refractivity contribution < 1.29 is 0 Å². The molecule has 1 N–H and O–H groups in total. The SMILES string of the molecule is CC(=N)N=CN(C)C. The second-order valence-electron chi connectivity index (χ2n) is 1.79. The number of rotatable bonds is 1. The second kappa shape index (κ2) is 3.18. The molecule has 3 heteroatoms. The largest absolute Gasteiger partial charge is 0.369 e. The molecule has 0 aliphatic carbocycles. The van der Waals surface area contributed by atoms with Crippen molar-refractivity contribution in [3.8, 4) is 0 Å². The van der Waals surface area contributed by atoms with Crippen LogP contribution in [0.2, 0.25) is 0 Å². The molecule has 0 radical (unpaired) electrons. The highest BCUT2D eigenvalue weighted by Crippen LogP contribution is 1.70. The lowest BCUT2D eigenvalue weighted by Crippen LogP contribution is -2.08. The summed E-state index contributed by atoms with van der Waals surface area (Å²) in [5, 5.41) is 6.86. The van der Waals surface area contributed by atoms with Crippen molar-refractivity contribution in [3.05, 3.63) is 0 Å². The molecule has 0 aliphatic rings. The molecule has 0 aromatic rings. The van der Waals surface area contributed by atoms with E-state index in [1.165, 1.54) is 0 Å². The average molecular weight is 113 g/mol. The predicted octanol–water partition coefficient (Wildman–Crippen LogP) is 0.573. The first-order valence-electron chi connectivity index (χ1n) is 2.38. The van der Waals surface area contributed by atoms with E-state index in [0.717, 1.165) is 0 Å². The van der Waals surface area contributed by atoms with Gasteiger partial charge in [0.15, 0.2) is 0 Å². The Labute approximate surface area is 49.5 Å². The Balaban J connectivity index is 3.50. The monoisotopic (exact) mass is 113 g/mol. The minimum absolute atomic E-state index is 0.332. The van der Waals surface area contributed by atoms with E-state index in [2.05, 4.69) is 4.99 Å². The molecule has 0 saturated heterocycles. The van der Waals surface area contributed by atoms with Crippen molar-refractivity contribution in [2.24, 2.45) is 4.99 Å². The molecule has 0 unspecified atom stereocenters. The maximum Gasteiger partial charge on any atom is 0.119 e. The summed E-state index contributed by atoms with van der Waals surface area (Å²) < 4.78 is 0. The Hall–Kier alpha value is -0.860.